The van der Waals surface area contributed by atoms with Gasteiger partial charge in [-0.2, -0.15) is 13.2 Å². The molecule has 2 saturated heterocycles. The van der Waals surface area contributed by atoms with E-state index in [1.807, 2.05) is 0 Å². The van der Waals surface area contributed by atoms with Gasteiger partial charge < -0.3 is 9.64 Å². The number of alkyl halides is 3. The third kappa shape index (κ3) is 5.82. The van der Waals surface area contributed by atoms with Crippen LogP contribution in [0.3, 0.4) is 0 Å². The van der Waals surface area contributed by atoms with Crippen LogP contribution in [0.2, 0.25) is 0 Å². The number of halogens is 3. The summed E-state index contributed by atoms with van der Waals surface area (Å²) in [5, 5.41) is 0. The zero-order valence-electron chi connectivity index (χ0n) is 12.2. The first-order valence-corrected chi connectivity index (χ1v) is 7.62. The summed E-state index contributed by atoms with van der Waals surface area (Å²) in [4.78, 5) is 15.2. The number of rotatable bonds is 4. The molecule has 1 unspecified atom stereocenters. The molecule has 2 aliphatic rings. The largest absolute Gasteiger partial charge is 0.401 e. The maximum Gasteiger partial charge on any atom is 0.401 e. The van der Waals surface area contributed by atoms with Crippen molar-refractivity contribution >= 4 is 5.91 Å². The Hall–Kier alpha value is -0.820. The summed E-state index contributed by atoms with van der Waals surface area (Å²) in [5.41, 5.74) is 0. The minimum atomic E-state index is -4.17. The Labute approximate surface area is 123 Å². The molecule has 4 nitrogen and oxygen atoms in total. The van der Waals surface area contributed by atoms with Gasteiger partial charge in [-0.25, -0.2) is 0 Å². The predicted molar refractivity (Wildman–Crippen MR) is 71.9 cm³/mol. The van der Waals surface area contributed by atoms with Gasteiger partial charge in [0.2, 0.25) is 5.91 Å². The summed E-state index contributed by atoms with van der Waals surface area (Å²) in [6, 6.07) is 0. The van der Waals surface area contributed by atoms with Crippen LogP contribution in [0.15, 0.2) is 0 Å². The number of amides is 1. The van der Waals surface area contributed by atoms with Gasteiger partial charge in [-0.05, 0) is 25.7 Å². The summed E-state index contributed by atoms with van der Waals surface area (Å²) < 4.78 is 42.6. The highest BCUT2D eigenvalue weighted by atomic mass is 19.4. The van der Waals surface area contributed by atoms with Crippen molar-refractivity contribution in [3.05, 3.63) is 0 Å². The predicted octanol–water partition coefficient (Wildman–Crippen LogP) is 2.04. The van der Waals surface area contributed by atoms with Crippen LogP contribution in [-0.2, 0) is 9.53 Å². The topological polar surface area (TPSA) is 32.8 Å². The summed E-state index contributed by atoms with van der Waals surface area (Å²) in [7, 11) is 0. The molecule has 0 saturated carbocycles. The highest BCUT2D eigenvalue weighted by molar-refractivity contribution is 5.76. The van der Waals surface area contributed by atoms with Crippen molar-refractivity contribution in [2.75, 3.05) is 39.3 Å². The maximum absolute atomic E-state index is 12.4. The second kappa shape index (κ2) is 7.45. The molecule has 0 spiro atoms. The smallest absolute Gasteiger partial charge is 0.378 e. The molecule has 2 aliphatic heterocycles. The Balaban J connectivity index is 1.72. The number of carbonyl (C=O) groups excluding carboxylic acids is 1. The first-order chi connectivity index (χ1) is 9.94. The highest BCUT2D eigenvalue weighted by Gasteiger charge is 2.31. The van der Waals surface area contributed by atoms with Gasteiger partial charge in [0.1, 0.15) is 0 Å². The third-order valence-corrected chi connectivity index (χ3v) is 4.05. The molecule has 0 aromatic rings. The molecule has 1 atom stereocenters. The van der Waals surface area contributed by atoms with Crippen LogP contribution in [-0.4, -0.2) is 67.3 Å². The van der Waals surface area contributed by atoms with E-state index in [0.29, 0.717) is 39.0 Å². The second-order valence-electron chi connectivity index (χ2n) is 5.80. The normalized spacial score (nSPS) is 25.1. The van der Waals surface area contributed by atoms with Crippen molar-refractivity contribution < 1.29 is 22.7 Å². The van der Waals surface area contributed by atoms with Crippen LogP contribution in [0.1, 0.15) is 32.1 Å². The van der Waals surface area contributed by atoms with Crippen LogP contribution < -0.4 is 0 Å². The average Bonchev–Trinajstić information content (AvgIpc) is 2.81. The molecule has 122 valence electrons. The maximum atomic E-state index is 12.4. The first kappa shape index (κ1) is 16.5. The molecular formula is C14H23F3N2O2. The second-order valence-corrected chi connectivity index (χ2v) is 5.80. The zero-order valence-corrected chi connectivity index (χ0v) is 12.2. The van der Waals surface area contributed by atoms with E-state index in [1.54, 1.807) is 4.90 Å². The van der Waals surface area contributed by atoms with Gasteiger partial charge >= 0.3 is 6.18 Å². The molecule has 21 heavy (non-hydrogen) atoms. The van der Waals surface area contributed by atoms with E-state index in [4.69, 9.17) is 4.74 Å². The van der Waals surface area contributed by atoms with Gasteiger partial charge in [0, 0.05) is 39.2 Å². The van der Waals surface area contributed by atoms with Crippen LogP contribution >= 0.6 is 0 Å². The number of carbonyl (C=O) groups is 1. The van der Waals surface area contributed by atoms with Crippen molar-refractivity contribution in [2.45, 2.75) is 44.4 Å². The fraction of sp³-hybridized carbons (Fsp3) is 0.929. The molecule has 7 heteroatoms. The van der Waals surface area contributed by atoms with Crippen LogP contribution in [0.4, 0.5) is 13.2 Å². The Morgan fingerprint density at radius 3 is 2.62 bits per heavy atom. The number of ether oxygens (including phenoxy) is 1. The Kier molecular flexibility index (Phi) is 5.87. The lowest BCUT2D eigenvalue weighted by molar-refractivity contribution is -0.145. The lowest BCUT2D eigenvalue weighted by Crippen LogP contribution is -2.38. The first-order valence-electron chi connectivity index (χ1n) is 7.62. The quantitative estimate of drug-likeness (QED) is 0.797. The van der Waals surface area contributed by atoms with E-state index in [2.05, 4.69) is 0 Å². The fourth-order valence-corrected chi connectivity index (χ4v) is 2.95. The van der Waals surface area contributed by atoms with Gasteiger partial charge in [-0.3, -0.25) is 9.69 Å². The van der Waals surface area contributed by atoms with Crippen molar-refractivity contribution in [3.8, 4) is 0 Å². The molecule has 0 aliphatic carbocycles. The number of hydrogen-bond donors (Lipinski definition) is 0. The van der Waals surface area contributed by atoms with Crippen molar-refractivity contribution in [1.29, 1.82) is 0 Å². The summed E-state index contributed by atoms with van der Waals surface area (Å²) >= 11 is 0. The zero-order chi connectivity index (χ0) is 15.3. The SMILES string of the molecule is O=C(CCC1CCCO1)N1CCCN(CC(F)(F)F)CC1. The van der Waals surface area contributed by atoms with Gasteiger partial charge in [0.05, 0.1) is 12.6 Å². The van der Waals surface area contributed by atoms with Crippen molar-refractivity contribution in [2.24, 2.45) is 0 Å². The summed E-state index contributed by atoms with van der Waals surface area (Å²) in [5.74, 6) is 0.0411. The van der Waals surface area contributed by atoms with E-state index in [0.717, 1.165) is 25.9 Å². The minimum Gasteiger partial charge on any atom is -0.378 e. The van der Waals surface area contributed by atoms with E-state index in [9.17, 15) is 18.0 Å². The Morgan fingerprint density at radius 1 is 1.14 bits per heavy atom. The summed E-state index contributed by atoms with van der Waals surface area (Å²) in [6.45, 7) is 1.53. The molecule has 2 fully saturated rings. The van der Waals surface area contributed by atoms with Crippen molar-refractivity contribution in [1.82, 2.24) is 9.80 Å². The van der Waals surface area contributed by atoms with Gasteiger partial charge in [-0.15, -0.1) is 0 Å². The van der Waals surface area contributed by atoms with E-state index < -0.39 is 12.7 Å². The Bertz CT molecular complexity index is 344. The molecule has 2 rings (SSSR count). The Morgan fingerprint density at radius 2 is 1.95 bits per heavy atom. The monoisotopic (exact) mass is 308 g/mol. The molecule has 0 bridgehead atoms. The molecule has 1 amide bonds. The third-order valence-electron chi connectivity index (χ3n) is 4.05. The lowest BCUT2D eigenvalue weighted by atomic mass is 10.1. The molecule has 0 N–H and O–H groups in total. The highest BCUT2D eigenvalue weighted by Crippen LogP contribution is 2.19. The molecule has 0 aromatic carbocycles. The molecular weight excluding hydrogens is 285 g/mol. The van der Waals surface area contributed by atoms with E-state index in [1.165, 1.54) is 4.90 Å². The average molecular weight is 308 g/mol. The van der Waals surface area contributed by atoms with Crippen LogP contribution in [0, 0.1) is 0 Å². The standard InChI is InChI=1S/C14H23F3N2O2/c15-14(16,17)11-18-6-2-7-19(9-8-18)13(20)5-4-12-3-1-10-21-12/h12H,1-11H2. The molecule has 0 radical (unpaired) electrons. The fourth-order valence-electron chi connectivity index (χ4n) is 2.95. The van der Waals surface area contributed by atoms with Gasteiger partial charge in [0.25, 0.3) is 0 Å². The summed E-state index contributed by atoms with van der Waals surface area (Å²) in [6.07, 6.45) is -0.170. The number of hydrogen-bond acceptors (Lipinski definition) is 3. The van der Waals surface area contributed by atoms with E-state index >= 15 is 0 Å². The van der Waals surface area contributed by atoms with Gasteiger partial charge in [0.15, 0.2) is 0 Å². The van der Waals surface area contributed by atoms with Crippen LogP contribution in [0.25, 0.3) is 0 Å². The van der Waals surface area contributed by atoms with Crippen LogP contribution in [0.5, 0.6) is 0 Å². The van der Waals surface area contributed by atoms with E-state index in [-0.39, 0.29) is 12.0 Å². The van der Waals surface area contributed by atoms with Crippen molar-refractivity contribution in [3.63, 3.8) is 0 Å². The van der Waals surface area contributed by atoms with Gasteiger partial charge in [-0.1, -0.05) is 0 Å². The molecule has 2 heterocycles. The minimum absolute atomic E-state index is 0.0411. The number of nitrogens with zero attached hydrogens (tertiary/aromatic N) is 2. The lowest BCUT2D eigenvalue weighted by Gasteiger charge is -2.23. The molecule has 0 aromatic heterocycles.